The Morgan fingerprint density at radius 1 is 1.14 bits per heavy atom. The van der Waals surface area contributed by atoms with Gasteiger partial charge in [-0.3, -0.25) is 4.57 Å². The topological polar surface area (TPSA) is 38.0 Å². The second kappa shape index (κ2) is 4.97. The molecule has 1 aromatic heterocycles. The number of nitrogens with zero attached hydrogens (tertiary/aromatic N) is 2. The molecule has 3 rings (SSSR count). The first-order chi connectivity index (χ1) is 9.97. The molecule has 0 amide bonds. The Hall–Kier alpha value is -2.20. The van der Waals surface area contributed by atoms with Crippen molar-refractivity contribution in [1.29, 1.82) is 0 Å². The van der Waals surface area contributed by atoms with E-state index in [-0.39, 0.29) is 5.82 Å². The van der Waals surface area contributed by atoms with Gasteiger partial charge in [-0.05, 0) is 61.7 Å². The van der Waals surface area contributed by atoms with Gasteiger partial charge in [0.25, 0.3) is 0 Å². The van der Waals surface area contributed by atoms with E-state index in [1.165, 1.54) is 6.07 Å². The molecule has 2 aromatic carbocycles. The monoisotopic (exact) mass is 284 g/mol. The Balaban J connectivity index is 2.19. The van der Waals surface area contributed by atoms with E-state index in [4.69, 9.17) is 0 Å². The van der Waals surface area contributed by atoms with Gasteiger partial charge in [0, 0.05) is 0 Å². The first-order valence-electron chi connectivity index (χ1n) is 6.89. The van der Waals surface area contributed by atoms with Crippen LogP contribution in [0.5, 0.6) is 0 Å². The van der Waals surface area contributed by atoms with E-state index in [2.05, 4.69) is 4.98 Å². The Morgan fingerprint density at radius 2 is 1.86 bits per heavy atom. The fourth-order valence-corrected chi connectivity index (χ4v) is 2.43. The van der Waals surface area contributed by atoms with E-state index in [0.29, 0.717) is 11.3 Å². The molecule has 3 aromatic rings. The number of fused-ring (bicyclic) bond motifs is 1. The largest absolute Gasteiger partial charge is 0.389 e. The van der Waals surface area contributed by atoms with Gasteiger partial charge in [0.2, 0.25) is 0 Å². The third kappa shape index (κ3) is 2.32. The lowest BCUT2D eigenvalue weighted by atomic mass is 10.1. The van der Waals surface area contributed by atoms with Crippen molar-refractivity contribution < 1.29 is 9.50 Å². The van der Waals surface area contributed by atoms with Crippen molar-refractivity contribution in [2.24, 2.45) is 0 Å². The molecule has 4 heteroatoms. The third-order valence-electron chi connectivity index (χ3n) is 3.88. The van der Waals surface area contributed by atoms with Crippen LogP contribution in [0.25, 0.3) is 16.7 Å². The Labute approximate surface area is 122 Å². The maximum atomic E-state index is 14.3. The van der Waals surface area contributed by atoms with E-state index in [1.807, 2.05) is 26.0 Å². The summed E-state index contributed by atoms with van der Waals surface area (Å²) in [6.45, 7) is 5.68. The smallest absolute Gasteiger partial charge is 0.147 e. The molecule has 0 saturated carbocycles. The van der Waals surface area contributed by atoms with Crippen LogP contribution in [0, 0.1) is 19.7 Å². The predicted molar refractivity (Wildman–Crippen MR) is 81.1 cm³/mol. The molecule has 21 heavy (non-hydrogen) atoms. The van der Waals surface area contributed by atoms with Crippen LogP contribution in [0.2, 0.25) is 0 Å². The van der Waals surface area contributed by atoms with Crippen LogP contribution in [-0.2, 0) is 0 Å². The maximum absolute atomic E-state index is 14.3. The molecule has 0 aliphatic rings. The molecule has 0 aliphatic carbocycles. The molecule has 1 N–H and O–H groups in total. The van der Waals surface area contributed by atoms with Gasteiger partial charge in [-0.15, -0.1) is 0 Å². The summed E-state index contributed by atoms with van der Waals surface area (Å²) in [6.07, 6.45) is 0.947. The fraction of sp³-hybridized carbons (Fsp3) is 0.235. The summed E-state index contributed by atoms with van der Waals surface area (Å²) < 4.78 is 16.1. The highest BCUT2D eigenvalue weighted by Gasteiger charge is 2.12. The van der Waals surface area contributed by atoms with Gasteiger partial charge in [0.1, 0.15) is 12.1 Å². The molecule has 0 unspecified atom stereocenters. The number of halogens is 1. The quantitative estimate of drug-likeness (QED) is 0.776. The average Bonchev–Trinajstić information content (AvgIpc) is 2.82. The zero-order valence-electron chi connectivity index (χ0n) is 12.3. The number of benzene rings is 2. The van der Waals surface area contributed by atoms with Gasteiger partial charge >= 0.3 is 0 Å². The summed E-state index contributed by atoms with van der Waals surface area (Å²) in [7, 11) is 0. The lowest BCUT2D eigenvalue weighted by Gasteiger charge is -2.10. The number of aliphatic hydroxyl groups excluding tert-OH is 1. The molecular formula is C17H17FN2O. The molecule has 0 saturated heterocycles. The van der Waals surface area contributed by atoms with Gasteiger partial charge in [0.15, 0.2) is 0 Å². The zero-order chi connectivity index (χ0) is 15.1. The molecule has 1 heterocycles. The van der Waals surface area contributed by atoms with Gasteiger partial charge < -0.3 is 5.11 Å². The second-order valence-corrected chi connectivity index (χ2v) is 5.43. The number of aryl methyl sites for hydroxylation is 2. The first-order valence-corrected chi connectivity index (χ1v) is 6.89. The molecule has 108 valence electrons. The SMILES string of the molecule is Cc1cc2ncn(-c3ccc([C@H](C)O)cc3F)c2cc1C. The molecule has 0 bridgehead atoms. The highest BCUT2D eigenvalue weighted by atomic mass is 19.1. The van der Waals surface area contributed by atoms with Crippen molar-refractivity contribution in [3.63, 3.8) is 0 Å². The Bertz CT molecular complexity index is 821. The Morgan fingerprint density at radius 3 is 2.52 bits per heavy atom. The van der Waals surface area contributed by atoms with Crippen LogP contribution in [0.4, 0.5) is 4.39 Å². The molecule has 0 aliphatic heterocycles. The third-order valence-corrected chi connectivity index (χ3v) is 3.88. The van der Waals surface area contributed by atoms with E-state index in [9.17, 15) is 9.50 Å². The van der Waals surface area contributed by atoms with Crippen molar-refractivity contribution >= 4 is 11.0 Å². The van der Waals surface area contributed by atoms with Gasteiger partial charge in [-0.1, -0.05) is 6.07 Å². The standard InChI is InChI=1S/C17H17FN2O/c1-10-6-15-17(7-11(10)2)20(9-19-15)16-5-4-13(12(3)21)8-14(16)18/h4-9,12,21H,1-3H3/t12-/m0/s1. The average molecular weight is 284 g/mol. The van der Waals surface area contributed by atoms with Crippen LogP contribution < -0.4 is 0 Å². The van der Waals surface area contributed by atoms with Crippen LogP contribution >= 0.6 is 0 Å². The number of aromatic nitrogens is 2. The van der Waals surface area contributed by atoms with Gasteiger partial charge in [0.05, 0.1) is 22.8 Å². The Kier molecular flexibility index (Phi) is 3.26. The zero-order valence-corrected chi connectivity index (χ0v) is 12.3. The molecular weight excluding hydrogens is 267 g/mol. The lowest BCUT2D eigenvalue weighted by Crippen LogP contribution is -1.99. The number of aliphatic hydroxyl groups is 1. The number of rotatable bonds is 2. The summed E-state index contributed by atoms with van der Waals surface area (Å²) in [6, 6.07) is 8.79. The van der Waals surface area contributed by atoms with Crippen molar-refractivity contribution in [2.75, 3.05) is 0 Å². The van der Waals surface area contributed by atoms with Crippen molar-refractivity contribution in [2.45, 2.75) is 26.9 Å². The molecule has 0 spiro atoms. The van der Waals surface area contributed by atoms with Crippen molar-refractivity contribution in [3.05, 3.63) is 59.2 Å². The van der Waals surface area contributed by atoms with Crippen LogP contribution in [0.15, 0.2) is 36.7 Å². The molecule has 1 atom stereocenters. The minimum Gasteiger partial charge on any atom is -0.389 e. The van der Waals surface area contributed by atoms with Crippen LogP contribution in [0.1, 0.15) is 29.7 Å². The lowest BCUT2D eigenvalue weighted by molar-refractivity contribution is 0.199. The minimum absolute atomic E-state index is 0.370. The molecule has 0 radical (unpaired) electrons. The van der Waals surface area contributed by atoms with Crippen molar-refractivity contribution in [3.8, 4) is 5.69 Å². The fourth-order valence-electron chi connectivity index (χ4n) is 2.43. The highest BCUT2D eigenvalue weighted by molar-refractivity contribution is 5.79. The number of hydrogen-bond acceptors (Lipinski definition) is 2. The summed E-state index contributed by atoms with van der Waals surface area (Å²) >= 11 is 0. The van der Waals surface area contributed by atoms with E-state index >= 15 is 0 Å². The maximum Gasteiger partial charge on any atom is 0.147 e. The van der Waals surface area contributed by atoms with E-state index in [0.717, 1.165) is 22.2 Å². The van der Waals surface area contributed by atoms with Crippen molar-refractivity contribution in [1.82, 2.24) is 9.55 Å². The minimum atomic E-state index is -0.682. The van der Waals surface area contributed by atoms with Crippen LogP contribution in [-0.4, -0.2) is 14.7 Å². The van der Waals surface area contributed by atoms with E-state index in [1.54, 1.807) is 30.0 Å². The summed E-state index contributed by atoms with van der Waals surface area (Å²) in [5, 5.41) is 9.52. The second-order valence-electron chi connectivity index (χ2n) is 5.43. The van der Waals surface area contributed by atoms with Gasteiger partial charge in [-0.2, -0.15) is 0 Å². The summed E-state index contributed by atoms with van der Waals surface area (Å²) in [5.41, 5.74) is 5.03. The summed E-state index contributed by atoms with van der Waals surface area (Å²) in [4.78, 5) is 4.34. The van der Waals surface area contributed by atoms with Gasteiger partial charge in [-0.25, -0.2) is 9.37 Å². The van der Waals surface area contributed by atoms with E-state index < -0.39 is 6.10 Å². The summed E-state index contributed by atoms with van der Waals surface area (Å²) in [5.74, 6) is -0.370. The first kappa shape index (κ1) is 13.8. The molecule has 3 nitrogen and oxygen atoms in total. The normalized spacial score (nSPS) is 12.8. The molecule has 0 fully saturated rings. The number of imidazole rings is 1. The highest BCUT2D eigenvalue weighted by Crippen LogP contribution is 2.25. The predicted octanol–water partition coefficient (Wildman–Crippen LogP) is 3.83. The van der Waals surface area contributed by atoms with Crippen LogP contribution in [0.3, 0.4) is 0 Å². The number of hydrogen-bond donors (Lipinski definition) is 1.